The van der Waals surface area contributed by atoms with Gasteiger partial charge in [0, 0.05) is 17.0 Å². The van der Waals surface area contributed by atoms with Gasteiger partial charge in [-0.15, -0.1) is 11.8 Å². The summed E-state index contributed by atoms with van der Waals surface area (Å²) in [6.07, 6.45) is 1.36. The average Bonchev–Trinajstić information content (AvgIpc) is 2.38. The molecule has 3 nitrogen and oxygen atoms in total. The average molecular weight is 294 g/mol. The van der Waals surface area contributed by atoms with Crippen molar-refractivity contribution in [3.63, 3.8) is 0 Å². The maximum absolute atomic E-state index is 10.7. The smallest absolute Gasteiger partial charge is 0.337 e. The highest BCUT2D eigenvalue weighted by atomic mass is 35.5. The van der Waals surface area contributed by atoms with Crippen molar-refractivity contribution in [3.8, 4) is 0 Å². The lowest BCUT2D eigenvalue weighted by molar-refractivity contribution is 0.0696. The van der Waals surface area contributed by atoms with E-state index in [1.165, 1.54) is 18.0 Å². The zero-order chi connectivity index (χ0) is 13.8. The molecule has 1 N–H and O–H groups in total. The lowest BCUT2D eigenvalue weighted by atomic mass is 10.2. The van der Waals surface area contributed by atoms with Crippen LogP contribution in [-0.4, -0.2) is 16.1 Å². The van der Waals surface area contributed by atoms with E-state index in [-0.39, 0.29) is 5.56 Å². The Morgan fingerprint density at radius 2 is 2.16 bits per heavy atom. The molecule has 0 atom stereocenters. The lowest BCUT2D eigenvalue weighted by Crippen LogP contribution is -1.96. The summed E-state index contributed by atoms with van der Waals surface area (Å²) < 4.78 is 0. The van der Waals surface area contributed by atoms with E-state index >= 15 is 0 Å². The standard InChI is InChI=1S/C14H12ClNO2S/c1-9-2-3-11(12(15)6-9)8-19-13-5-4-10(7-16-13)14(17)18/h2-7H,8H2,1H3,(H,17,18). The molecule has 0 amide bonds. The number of benzene rings is 1. The molecule has 0 fully saturated rings. The van der Waals surface area contributed by atoms with E-state index in [4.69, 9.17) is 16.7 Å². The van der Waals surface area contributed by atoms with Crippen LogP contribution in [0.25, 0.3) is 0 Å². The second kappa shape index (κ2) is 6.08. The van der Waals surface area contributed by atoms with Gasteiger partial charge in [-0.1, -0.05) is 23.7 Å². The first-order valence-corrected chi connectivity index (χ1v) is 7.00. The van der Waals surface area contributed by atoms with Crippen LogP contribution in [0.4, 0.5) is 0 Å². The van der Waals surface area contributed by atoms with Crippen molar-refractivity contribution in [1.29, 1.82) is 0 Å². The van der Waals surface area contributed by atoms with Crippen LogP contribution in [0.3, 0.4) is 0 Å². The summed E-state index contributed by atoms with van der Waals surface area (Å²) in [5, 5.41) is 10.3. The van der Waals surface area contributed by atoms with Gasteiger partial charge in [-0.25, -0.2) is 9.78 Å². The molecule has 0 saturated heterocycles. The summed E-state index contributed by atoms with van der Waals surface area (Å²) in [6, 6.07) is 9.20. The normalized spacial score (nSPS) is 10.4. The van der Waals surface area contributed by atoms with Crippen molar-refractivity contribution in [2.24, 2.45) is 0 Å². The van der Waals surface area contributed by atoms with Crippen LogP contribution >= 0.6 is 23.4 Å². The highest BCUT2D eigenvalue weighted by molar-refractivity contribution is 7.98. The Bertz CT molecular complexity index is 599. The number of carboxylic acid groups (broad SMARTS) is 1. The van der Waals surface area contributed by atoms with Gasteiger partial charge in [0.1, 0.15) is 0 Å². The molecule has 0 saturated carbocycles. The Morgan fingerprint density at radius 3 is 2.74 bits per heavy atom. The van der Waals surface area contributed by atoms with E-state index in [1.54, 1.807) is 12.1 Å². The van der Waals surface area contributed by atoms with E-state index in [2.05, 4.69) is 4.98 Å². The SMILES string of the molecule is Cc1ccc(CSc2ccc(C(=O)O)cn2)c(Cl)c1. The molecule has 5 heteroatoms. The molecule has 2 rings (SSSR count). The Hall–Kier alpha value is -1.52. The number of rotatable bonds is 4. The molecular weight excluding hydrogens is 282 g/mol. The second-order valence-corrected chi connectivity index (χ2v) is 5.48. The molecule has 0 bridgehead atoms. The largest absolute Gasteiger partial charge is 0.478 e. The fourth-order valence-electron chi connectivity index (χ4n) is 1.51. The van der Waals surface area contributed by atoms with Crippen molar-refractivity contribution in [2.45, 2.75) is 17.7 Å². The van der Waals surface area contributed by atoms with Crippen molar-refractivity contribution in [1.82, 2.24) is 4.98 Å². The number of aromatic carboxylic acids is 1. The number of pyridine rings is 1. The van der Waals surface area contributed by atoms with Gasteiger partial charge < -0.3 is 5.11 Å². The maximum Gasteiger partial charge on any atom is 0.337 e. The van der Waals surface area contributed by atoms with E-state index < -0.39 is 5.97 Å². The van der Waals surface area contributed by atoms with Crippen LogP contribution in [0.15, 0.2) is 41.6 Å². The molecule has 1 heterocycles. The van der Waals surface area contributed by atoms with Gasteiger partial charge in [-0.3, -0.25) is 0 Å². The van der Waals surface area contributed by atoms with E-state index in [1.807, 2.05) is 25.1 Å². The fraction of sp³-hybridized carbons (Fsp3) is 0.143. The summed E-state index contributed by atoms with van der Waals surface area (Å²) >= 11 is 7.68. The van der Waals surface area contributed by atoms with Crippen LogP contribution in [-0.2, 0) is 5.75 Å². The summed E-state index contributed by atoms with van der Waals surface area (Å²) in [5.41, 5.74) is 2.36. The number of thioether (sulfide) groups is 1. The van der Waals surface area contributed by atoms with Gasteiger partial charge in [0.25, 0.3) is 0 Å². The van der Waals surface area contributed by atoms with Crippen LogP contribution < -0.4 is 0 Å². The third kappa shape index (κ3) is 3.72. The zero-order valence-electron chi connectivity index (χ0n) is 10.3. The molecule has 98 valence electrons. The third-order valence-corrected chi connectivity index (χ3v) is 3.91. The topological polar surface area (TPSA) is 50.2 Å². The van der Waals surface area contributed by atoms with Crippen molar-refractivity contribution in [2.75, 3.05) is 0 Å². The molecule has 1 aromatic heterocycles. The Labute approximate surface area is 120 Å². The molecule has 0 aliphatic carbocycles. The molecular formula is C14H12ClNO2S. The summed E-state index contributed by atoms with van der Waals surface area (Å²) in [4.78, 5) is 14.8. The highest BCUT2D eigenvalue weighted by Crippen LogP contribution is 2.26. The van der Waals surface area contributed by atoms with Gasteiger partial charge in [0.15, 0.2) is 0 Å². The second-order valence-electron chi connectivity index (χ2n) is 4.07. The first-order chi connectivity index (χ1) is 9.06. The molecule has 19 heavy (non-hydrogen) atoms. The quantitative estimate of drug-likeness (QED) is 0.865. The molecule has 0 aliphatic heterocycles. The fourth-order valence-corrected chi connectivity index (χ4v) is 2.74. The number of carbonyl (C=O) groups is 1. The minimum Gasteiger partial charge on any atom is -0.478 e. The van der Waals surface area contributed by atoms with Crippen LogP contribution in [0.2, 0.25) is 5.02 Å². The molecule has 1 aromatic carbocycles. The number of halogens is 1. The predicted octanol–water partition coefficient (Wildman–Crippen LogP) is 4.03. The highest BCUT2D eigenvalue weighted by Gasteiger charge is 2.05. The van der Waals surface area contributed by atoms with Crippen molar-refractivity contribution < 1.29 is 9.90 Å². The van der Waals surface area contributed by atoms with Crippen LogP contribution in [0, 0.1) is 6.92 Å². The number of aromatic nitrogens is 1. The van der Waals surface area contributed by atoms with Crippen LogP contribution in [0.5, 0.6) is 0 Å². The first-order valence-electron chi connectivity index (χ1n) is 5.63. The Kier molecular flexibility index (Phi) is 4.45. The predicted molar refractivity (Wildman–Crippen MR) is 76.9 cm³/mol. The zero-order valence-corrected chi connectivity index (χ0v) is 11.8. The number of hydrogen-bond donors (Lipinski definition) is 1. The number of carboxylic acids is 1. The van der Waals surface area contributed by atoms with Crippen LogP contribution in [0.1, 0.15) is 21.5 Å². The summed E-state index contributed by atoms with van der Waals surface area (Å²) in [5.74, 6) is -0.260. The maximum atomic E-state index is 10.7. The van der Waals surface area contributed by atoms with E-state index in [0.717, 1.165) is 21.2 Å². The Balaban J connectivity index is 2.04. The number of hydrogen-bond acceptors (Lipinski definition) is 3. The van der Waals surface area contributed by atoms with Gasteiger partial charge in [-0.2, -0.15) is 0 Å². The van der Waals surface area contributed by atoms with Gasteiger partial charge in [-0.05, 0) is 36.2 Å². The summed E-state index contributed by atoms with van der Waals surface area (Å²) in [6.45, 7) is 2.00. The lowest BCUT2D eigenvalue weighted by Gasteiger charge is -2.05. The molecule has 0 aliphatic rings. The molecule has 0 unspecified atom stereocenters. The number of nitrogens with zero attached hydrogens (tertiary/aromatic N) is 1. The third-order valence-electron chi connectivity index (χ3n) is 2.57. The first kappa shape index (κ1) is 13.9. The van der Waals surface area contributed by atoms with Crippen molar-refractivity contribution in [3.05, 3.63) is 58.2 Å². The number of aryl methyl sites for hydroxylation is 1. The molecule has 0 spiro atoms. The van der Waals surface area contributed by atoms with E-state index in [0.29, 0.717) is 5.75 Å². The van der Waals surface area contributed by atoms with Crippen molar-refractivity contribution >= 4 is 29.3 Å². The van der Waals surface area contributed by atoms with Gasteiger partial charge in [0.05, 0.1) is 10.6 Å². The van der Waals surface area contributed by atoms with E-state index in [9.17, 15) is 4.79 Å². The Morgan fingerprint density at radius 1 is 1.37 bits per heavy atom. The summed E-state index contributed by atoms with van der Waals surface area (Å²) in [7, 11) is 0. The monoisotopic (exact) mass is 293 g/mol. The van der Waals surface area contributed by atoms with Gasteiger partial charge in [0.2, 0.25) is 0 Å². The molecule has 0 radical (unpaired) electrons. The molecule has 2 aromatic rings. The minimum atomic E-state index is -0.967. The van der Waals surface area contributed by atoms with Gasteiger partial charge >= 0.3 is 5.97 Å². The minimum absolute atomic E-state index is 0.192.